The molecule has 7 unspecified atom stereocenters. The predicted molar refractivity (Wildman–Crippen MR) is 296 cm³/mol. The molecule has 0 amide bonds. The molecule has 0 aliphatic carbocycles. The summed E-state index contributed by atoms with van der Waals surface area (Å²) in [6.07, 6.45) is 4.21. The van der Waals surface area contributed by atoms with Gasteiger partial charge in [-0.05, 0) is 102 Å². The normalized spacial score (nSPS) is 25.1. The highest BCUT2D eigenvalue weighted by Gasteiger charge is 2.63. The molecule has 0 saturated carbocycles. The van der Waals surface area contributed by atoms with E-state index in [9.17, 15) is 14.4 Å². The van der Waals surface area contributed by atoms with Crippen LogP contribution in [0.2, 0.25) is 28.2 Å². The van der Waals surface area contributed by atoms with Gasteiger partial charge in [-0.2, -0.15) is 0 Å². The Morgan fingerprint density at radius 1 is 0.606 bits per heavy atom. The largest absolute Gasteiger partial charge is 0.465 e. The first-order valence-corrected chi connectivity index (χ1v) is 33.2. The van der Waals surface area contributed by atoms with Crippen LogP contribution in [0.3, 0.4) is 0 Å². The van der Waals surface area contributed by atoms with Crippen molar-refractivity contribution in [3.63, 3.8) is 0 Å². The molecule has 9 atom stereocenters. The third-order valence-corrected chi connectivity index (χ3v) is 30.9. The van der Waals surface area contributed by atoms with E-state index in [1.54, 1.807) is 0 Å². The fourth-order valence-electron chi connectivity index (χ4n) is 12.7. The lowest BCUT2D eigenvalue weighted by molar-refractivity contribution is -0.244. The number of hydrogen-bond donors (Lipinski definition) is 2. The molecule has 3 aliphatic rings. The second-order valence-electron chi connectivity index (χ2n) is 23.7. The van der Waals surface area contributed by atoms with Crippen LogP contribution in [0.15, 0.2) is 134 Å². The molecule has 11 heteroatoms. The van der Waals surface area contributed by atoms with E-state index in [1.807, 2.05) is 99.6 Å². The van der Waals surface area contributed by atoms with Crippen molar-refractivity contribution in [2.45, 2.75) is 185 Å². The minimum atomic E-state index is -3.50. The molecule has 386 valence electrons. The van der Waals surface area contributed by atoms with Gasteiger partial charge in [-0.3, -0.25) is 4.79 Å². The molecule has 2 N–H and O–H groups in total. The van der Waals surface area contributed by atoms with Crippen LogP contribution in [0, 0.1) is 17.3 Å². The summed E-state index contributed by atoms with van der Waals surface area (Å²) in [5.41, 5.74) is -1.27. The Bertz CT molecular complexity index is 2250. The second kappa shape index (κ2) is 22.1. The number of esters is 1. The number of benzene rings is 4. The van der Waals surface area contributed by atoms with Gasteiger partial charge in [0.25, 0.3) is 16.6 Å². The van der Waals surface area contributed by atoms with Crippen molar-refractivity contribution in [1.82, 2.24) is 0 Å². The van der Waals surface area contributed by atoms with Crippen LogP contribution in [-0.4, -0.2) is 89.3 Å². The fraction of sp³-hybridized carbons (Fsp3) is 0.550. The summed E-state index contributed by atoms with van der Waals surface area (Å²) >= 11 is 0. The van der Waals surface area contributed by atoms with Gasteiger partial charge in [0.05, 0.1) is 54.2 Å². The van der Waals surface area contributed by atoms with Crippen molar-refractivity contribution in [3.05, 3.63) is 134 Å². The van der Waals surface area contributed by atoms with E-state index in [1.165, 1.54) is 0 Å². The minimum absolute atomic E-state index is 0.134. The summed E-state index contributed by atoms with van der Waals surface area (Å²) in [4.78, 5) is 40.3. The molecule has 4 aromatic rings. The second-order valence-corrected chi connectivity index (χ2v) is 36.3. The van der Waals surface area contributed by atoms with Crippen LogP contribution in [0.4, 0.5) is 0 Å². The Kier molecular flexibility index (Phi) is 17.2. The van der Waals surface area contributed by atoms with Gasteiger partial charge in [-0.1, -0.05) is 176 Å². The molecule has 3 aliphatic heterocycles. The van der Waals surface area contributed by atoms with Crippen molar-refractivity contribution < 1.29 is 37.8 Å². The van der Waals surface area contributed by atoms with E-state index in [2.05, 4.69) is 110 Å². The zero-order valence-corrected chi connectivity index (χ0v) is 47.9. The predicted octanol–water partition coefficient (Wildman–Crippen LogP) is 10.5. The van der Waals surface area contributed by atoms with Crippen molar-refractivity contribution >= 4 is 51.7 Å². The van der Waals surface area contributed by atoms with Crippen molar-refractivity contribution in [2.75, 3.05) is 6.61 Å². The Labute approximate surface area is 430 Å². The summed E-state index contributed by atoms with van der Waals surface area (Å²) in [5, 5.41) is 2.65. The molecule has 0 radical (unpaired) electrons. The average Bonchev–Trinajstić information content (AvgIpc) is 3.70. The van der Waals surface area contributed by atoms with Crippen molar-refractivity contribution in [2.24, 2.45) is 17.3 Å². The Morgan fingerprint density at radius 3 is 1.44 bits per heavy atom. The Balaban J connectivity index is 1.35. The van der Waals surface area contributed by atoms with Crippen LogP contribution in [0.1, 0.15) is 115 Å². The number of rotatable bonds is 21. The van der Waals surface area contributed by atoms with Gasteiger partial charge < -0.3 is 33.0 Å². The van der Waals surface area contributed by atoms with E-state index in [0.29, 0.717) is 25.7 Å². The minimum Gasteiger partial charge on any atom is -0.465 e. The smallest absolute Gasteiger partial charge is 0.311 e. The fourth-order valence-corrected chi connectivity index (χ4v) is 23.3. The van der Waals surface area contributed by atoms with Gasteiger partial charge in [0.1, 0.15) is 0 Å². The van der Waals surface area contributed by atoms with E-state index in [-0.39, 0.29) is 54.9 Å². The number of ether oxygens (including phenoxy) is 4. The first-order valence-electron chi connectivity index (χ1n) is 26.7. The number of fused-ring (bicyclic) bond motifs is 2. The van der Waals surface area contributed by atoms with Crippen molar-refractivity contribution in [1.29, 1.82) is 0 Å². The van der Waals surface area contributed by atoms with Gasteiger partial charge in [0.2, 0.25) is 0 Å². The number of carbonyl (C=O) groups excluding carboxylic acids is 1. The third-order valence-electron chi connectivity index (χ3n) is 17.1. The maximum absolute atomic E-state index is 13.7. The summed E-state index contributed by atoms with van der Waals surface area (Å²) in [5.74, 6) is -0.533. The summed E-state index contributed by atoms with van der Waals surface area (Å²) in [6.45, 7) is 28.4. The first-order chi connectivity index (χ1) is 33.6. The van der Waals surface area contributed by atoms with Crippen LogP contribution in [-0.2, 0) is 28.2 Å². The van der Waals surface area contributed by atoms with Crippen LogP contribution < -0.4 is 20.7 Å². The van der Waals surface area contributed by atoms with Gasteiger partial charge in [0.15, 0.2) is 8.32 Å². The molecular formula is C60H86O8Si3. The maximum Gasteiger partial charge on any atom is 0.311 e. The molecule has 0 spiro atoms. The van der Waals surface area contributed by atoms with E-state index < -0.39 is 52.1 Å². The van der Waals surface area contributed by atoms with Gasteiger partial charge in [0, 0.05) is 24.7 Å². The third kappa shape index (κ3) is 11.3. The summed E-state index contributed by atoms with van der Waals surface area (Å²) in [7, 11) is -9.11. The van der Waals surface area contributed by atoms with Crippen LogP contribution >= 0.6 is 0 Å². The molecule has 3 fully saturated rings. The average molecular weight is 1020 g/mol. The SMILES string of the molecule is C=CC(C)(CC1OC2C(CC(C)(C)[Si](O)(c3ccccc3)c3ccccc3)[C@H]3OC(CCOC(=O)C(C)(C)C)CCC3O[C@H]2C1CC(C)(C)[Si](O)(c1ccccc1)c1ccccc1)O[Si](CC)(CC)CC. The quantitative estimate of drug-likeness (QED) is 0.0483. The molecule has 71 heavy (non-hydrogen) atoms. The van der Waals surface area contributed by atoms with E-state index in [0.717, 1.165) is 51.7 Å². The topological polar surface area (TPSA) is 104 Å². The van der Waals surface area contributed by atoms with Crippen LogP contribution in [0.5, 0.6) is 0 Å². The molecule has 4 aromatic carbocycles. The van der Waals surface area contributed by atoms with Gasteiger partial charge >= 0.3 is 5.97 Å². The van der Waals surface area contributed by atoms with E-state index >= 15 is 0 Å². The van der Waals surface area contributed by atoms with E-state index in [4.69, 9.17) is 23.4 Å². The highest BCUT2D eigenvalue weighted by molar-refractivity contribution is 6.99. The lowest BCUT2D eigenvalue weighted by Gasteiger charge is -2.52. The molecule has 0 aromatic heterocycles. The first kappa shape index (κ1) is 55.3. The highest BCUT2D eigenvalue weighted by atomic mass is 28.4. The lowest BCUT2D eigenvalue weighted by Crippen LogP contribution is -2.67. The lowest BCUT2D eigenvalue weighted by atomic mass is 9.74. The summed E-state index contributed by atoms with van der Waals surface area (Å²) in [6, 6.07) is 44.2. The summed E-state index contributed by atoms with van der Waals surface area (Å²) < 4.78 is 35.9. The van der Waals surface area contributed by atoms with Crippen LogP contribution in [0.25, 0.3) is 0 Å². The van der Waals surface area contributed by atoms with Crippen molar-refractivity contribution in [3.8, 4) is 0 Å². The maximum atomic E-state index is 13.7. The molecule has 3 saturated heterocycles. The molecule has 0 bridgehead atoms. The van der Waals surface area contributed by atoms with Gasteiger partial charge in [-0.25, -0.2) is 0 Å². The molecule has 7 rings (SSSR count). The zero-order chi connectivity index (χ0) is 51.5. The monoisotopic (exact) mass is 1020 g/mol. The zero-order valence-electron chi connectivity index (χ0n) is 44.9. The highest BCUT2D eigenvalue weighted by Crippen LogP contribution is 2.56. The van der Waals surface area contributed by atoms with Gasteiger partial charge in [-0.15, -0.1) is 6.58 Å². The molecular weight excluding hydrogens is 933 g/mol. The number of hydrogen-bond acceptors (Lipinski definition) is 8. The molecule has 8 nitrogen and oxygen atoms in total. The Morgan fingerprint density at radius 2 is 1.03 bits per heavy atom. The Hall–Kier alpha value is -3.50. The molecule has 3 heterocycles. The number of carbonyl (C=O) groups is 1. The standard InChI is InChI=1S/C60H86O8Si3/c1-13-60(12,68-69(14-2,15-3)16-4)43-52-49(41-58(8,9)70(62,45-29-21-17-22-30-45)46-31-23-18-24-32-46)54-55(67-52)50(53-51(66-54)38-37-44(65-53)39-40-64-56(61)57(5,6)7)42-59(10,11)71(63,47-33-25-19-26-34-47)48-35-27-20-28-36-48/h13,17-36,44,49-55,62-63H,1,14-16,37-43H2,2-12H3/t44?,49?,50?,51?,52?,53-,54+,55?,60?/m1/s1.